The lowest BCUT2D eigenvalue weighted by molar-refractivity contribution is -0.115. The number of carbonyl (C=O) groups excluding carboxylic acids is 5. The molecule has 0 saturated carbocycles. The minimum atomic E-state index is -0.631. The van der Waals surface area contributed by atoms with Crippen LogP contribution in [0.5, 0.6) is 0 Å². The van der Waals surface area contributed by atoms with E-state index in [1.807, 2.05) is 32.0 Å². The van der Waals surface area contributed by atoms with Crippen LogP contribution in [-0.2, 0) is 11.2 Å². The lowest BCUT2D eigenvalue weighted by Gasteiger charge is -2.35. The van der Waals surface area contributed by atoms with Gasteiger partial charge in [-0.2, -0.15) is 0 Å². The van der Waals surface area contributed by atoms with Crippen molar-refractivity contribution in [3.63, 3.8) is 0 Å². The Hall–Kier alpha value is -4.39. The molecule has 2 aliphatic heterocycles. The second-order valence-corrected chi connectivity index (χ2v) is 9.37. The van der Waals surface area contributed by atoms with Crippen LogP contribution in [0.1, 0.15) is 79.2 Å². The second kappa shape index (κ2) is 8.92. The summed E-state index contributed by atoms with van der Waals surface area (Å²) < 4.78 is 0. The average molecular weight is 495 g/mol. The number of para-hydroxylation sites is 1. The van der Waals surface area contributed by atoms with Crippen molar-refractivity contribution in [2.24, 2.45) is 0 Å². The molecular weight excluding hydrogens is 468 g/mol. The maximum atomic E-state index is 13.8. The molecular formula is C30H26N2O5. The maximum Gasteiger partial charge on any atom is 0.266 e. The highest BCUT2D eigenvalue weighted by Crippen LogP contribution is 2.41. The van der Waals surface area contributed by atoms with Gasteiger partial charge in [-0.15, -0.1) is 0 Å². The SMILES string of the molecule is C=CC(=O)CC(CC)N1C(=O)c2ccc3c4c(ccc(c24)C1=O)C(=O)N(c1c(C)cccc1CC)C3=O. The van der Waals surface area contributed by atoms with Crippen LogP contribution >= 0.6 is 0 Å². The summed E-state index contributed by atoms with van der Waals surface area (Å²) in [6, 6.07) is 11.2. The monoisotopic (exact) mass is 494 g/mol. The van der Waals surface area contributed by atoms with Crippen LogP contribution in [-0.4, -0.2) is 40.4 Å². The van der Waals surface area contributed by atoms with Gasteiger partial charge in [0, 0.05) is 45.5 Å². The molecule has 3 aromatic rings. The minimum absolute atomic E-state index is 0.0196. The molecule has 4 amide bonds. The zero-order valence-corrected chi connectivity index (χ0v) is 21.0. The van der Waals surface area contributed by atoms with Crippen molar-refractivity contribution in [1.82, 2.24) is 4.90 Å². The summed E-state index contributed by atoms with van der Waals surface area (Å²) in [7, 11) is 0. The fraction of sp³-hybridized carbons (Fsp3) is 0.233. The number of allylic oxidation sites excluding steroid dienone is 1. The summed E-state index contributed by atoms with van der Waals surface area (Å²) >= 11 is 0. The third-order valence-corrected chi connectivity index (χ3v) is 7.35. The topological polar surface area (TPSA) is 91.8 Å². The first-order valence-electron chi connectivity index (χ1n) is 12.3. The van der Waals surface area contributed by atoms with Gasteiger partial charge in [-0.25, -0.2) is 4.90 Å². The van der Waals surface area contributed by atoms with Gasteiger partial charge in [0.2, 0.25) is 0 Å². The molecule has 1 unspecified atom stereocenters. The lowest BCUT2D eigenvalue weighted by atomic mass is 9.84. The van der Waals surface area contributed by atoms with Crippen molar-refractivity contribution < 1.29 is 24.0 Å². The smallest absolute Gasteiger partial charge is 0.266 e. The van der Waals surface area contributed by atoms with Crippen molar-refractivity contribution in [2.75, 3.05) is 4.90 Å². The number of aryl methyl sites for hydroxylation is 2. The van der Waals surface area contributed by atoms with Gasteiger partial charge in [-0.3, -0.25) is 28.9 Å². The average Bonchev–Trinajstić information content (AvgIpc) is 2.90. The number of benzene rings is 3. The van der Waals surface area contributed by atoms with E-state index in [2.05, 4.69) is 6.58 Å². The third kappa shape index (κ3) is 3.45. The van der Waals surface area contributed by atoms with Gasteiger partial charge in [0.1, 0.15) is 0 Å². The second-order valence-electron chi connectivity index (χ2n) is 9.37. The van der Waals surface area contributed by atoms with Gasteiger partial charge in [0.25, 0.3) is 23.6 Å². The molecule has 3 aromatic carbocycles. The molecule has 37 heavy (non-hydrogen) atoms. The molecule has 7 nitrogen and oxygen atoms in total. The zero-order chi connectivity index (χ0) is 26.6. The summed E-state index contributed by atoms with van der Waals surface area (Å²) in [5.74, 6) is -2.33. The molecule has 0 N–H and O–H groups in total. The van der Waals surface area contributed by atoms with E-state index in [9.17, 15) is 24.0 Å². The molecule has 1 atom stereocenters. The summed E-state index contributed by atoms with van der Waals surface area (Å²) in [5.41, 5.74) is 3.24. The summed E-state index contributed by atoms with van der Waals surface area (Å²) in [5, 5.41) is 0.637. The number of amides is 4. The Kier molecular flexibility index (Phi) is 5.86. The molecule has 2 aliphatic rings. The van der Waals surface area contributed by atoms with E-state index >= 15 is 0 Å². The van der Waals surface area contributed by atoms with E-state index in [0.29, 0.717) is 29.3 Å². The largest absolute Gasteiger partial charge is 0.295 e. The van der Waals surface area contributed by atoms with Crippen LogP contribution in [0.4, 0.5) is 5.69 Å². The number of hydrogen-bond acceptors (Lipinski definition) is 5. The molecule has 186 valence electrons. The molecule has 0 radical (unpaired) electrons. The van der Waals surface area contributed by atoms with E-state index in [1.54, 1.807) is 31.2 Å². The number of imide groups is 2. The summed E-state index contributed by atoms with van der Waals surface area (Å²) in [6.45, 7) is 9.11. The molecule has 0 aliphatic carbocycles. The van der Waals surface area contributed by atoms with Crippen molar-refractivity contribution >= 4 is 45.9 Å². The van der Waals surface area contributed by atoms with Gasteiger partial charge in [-0.1, -0.05) is 38.6 Å². The first-order chi connectivity index (χ1) is 17.7. The van der Waals surface area contributed by atoms with E-state index in [4.69, 9.17) is 0 Å². The Labute approximate surface area is 214 Å². The van der Waals surface area contributed by atoms with Crippen molar-refractivity contribution in [1.29, 1.82) is 0 Å². The number of hydrogen-bond donors (Lipinski definition) is 0. The molecule has 2 heterocycles. The number of anilines is 1. The number of ketones is 1. The first-order valence-corrected chi connectivity index (χ1v) is 12.3. The molecule has 0 bridgehead atoms. The summed E-state index contributed by atoms with van der Waals surface area (Å²) in [6.07, 6.45) is 2.20. The number of nitrogens with zero attached hydrogens (tertiary/aromatic N) is 2. The normalized spacial score (nSPS) is 15.4. The van der Waals surface area contributed by atoms with Crippen molar-refractivity contribution in [2.45, 2.75) is 46.1 Å². The molecule has 0 fully saturated rings. The fourth-order valence-electron chi connectivity index (χ4n) is 5.49. The highest BCUT2D eigenvalue weighted by atomic mass is 16.2. The minimum Gasteiger partial charge on any atom is -0.295 e. The van der Waals surface area contributed by atoms with E-state index < -0.39 is 29.7 Å². The molecule has 5 rings (SSSR count). The molecule has 0 saturated heterocycles. The van der Waals surface area contributed by atoms with Crippen LogP contribution in [0.3, 0.4) is 0 Å². The van der Waals surface area contributed by atoms with Crippen LogP contribution in [0, 0.1) is 6.92 Å². The highest BCUT2D eigenvalue weighted by molar-refractivity contribution is 6.39. The molecule has 0 aromatic heterocycles. The van der Waals surface area contributed by atoms with E-state index in [0.717, 1.165) is 16.0 Å². The van der Waals surface area contributed by atoms with E-state index in [-0.39, 0.29) is 34.5 Å². The molecule has 7 heteroatoms. The van der Waals surface area contributed by atoms with Crippen LogP contribution < -0.4 is 4.90 Å². The fourth-order valence-corrected chi connectivity index (χ4v) is 5.49. The quantitative estimate of drug-likeness (QED) is 0.339. The van der Waals surface area contributed by atoms with Gasteiger partial charge in [0.05, 0.1) is 5.69 Å². The first kappa shape index (κ1) is 24.3. The van der Waals surface area contributed by atoms with Gasteiger partial charge < -0.3 is 0 Å². The lowest BCUT2D eigenvalue weighted by Crippen LogP contribution is -2.48. The number of rotatable bonds is 7. The third-order valence-electron chi connectivity index (χ3n) is 7.35. The molecule has 0 spiro atoms. The van der Waals surface area contributed by atoms with Gasteiger partial charge in [-0.05, 0) is 61.2 Å². The van der Waals surface area contributed by atoms with Crippen LogP contribution in [0.25, 0.3) is 10.8 Å². The van der Waals surface area contributed by atoms with Crippen molar-refractivity contribution in [3.8, 4) is 0 Å². The van der Waals surface area contributed by atoms with Gasteiger partial charge >= 0.3 is 0 Å². The number of carbonyl (C=O) groups is 5. The zero-order valence-electron chi connectivity index (χ0n) is 21.0. The maximum absolute atomic E-state index is 13.8. The predicted molar refractivity (Wildman–Crippen MR) is 140 cm³/mol. The highest BCUT2D eigenvalue weighted by Gasteiger charge is 2.42. The van der Waals surface area contributed by atoms with E-state index in [1.165, 1.54) is 11.0 Å². The Morgan fingerprint density at radius 3 is 1.81 bits per heavy atom. The van der Waals surface area contributed by atoms with Crippen molar-refractivity contribution in [3.05, 3.63) is 88.5 Å². The summed E-state index contributed by atoms with van der Waals surface area (Å²) in [4.78, 5) is 69.1. The Morgan fingerprint density at radius 2 is 1.35 bits per heavy atom. The Balaban J connectivity index is 1.69. The standard InChI is InChI=1S/C30H26N2O5/c1-5-17-10-8-9-16(4)26(17)32-29(36)22-13-11-20-24-21(12-14-23(25(22)24)30(32)37)28(35)31(27(20)34)18(6-2)15-19(33)7-3/h7-14,18H,3,5-6,15H2,1-2,4H3. The Morgan fingerprint density at radius 1 is 0.838 bits per heavy atom. The van der Waals surface area contributed by atoms with Gasteiger partial charge in [0.15, 0.2) is 5.78 Å². The predicted octanol–water partition coefficient (Wildman–Crippen LogP) is 5.03. The Bertz CT molecular complexity index is 1500. The van der Waals surface area contributed by atoms with Crippen LogP contribution in [0.2, 0.25) is 0 Å². The van der Waals surface area contributed by atoms with Crippen LogP contribution in [0.15, 0.2) is 55.1 Å².